The molecule has 0 heterocycles. The van der Waals surface area contributed by atoms with Gasteiger partial charge in [0, 0.05) is 12.1 Å². The van der Waals surface area contributed by atoms with Gasteiger partial charge in [0.05, 0.1) is 10.6 Å². The van der Waals surface area contributed by atoms with E-state index in [2.05, 4.69) is 5.32 Å². The van der Waals surface area contributed by atoms with Crippen LogP contribution in [0.1, 0.15) is 35.1 Å². The second kappa shape index (κ2) is 7.00. The van der Waals surface area contributed by atoms with E-state index in [0.717, 1.165) is 36.0 Å². The fourth-order valence-corrected chi connectivity index (χ4v) is 4.64. The van der Waals surface area contributed by atoms with Gasteiger partial charge in [-0.2, -0.15) is 0 Å². The first-order valence-corrected chi connectivity index (χ1v) is 10.2. The van der Waals surface area contributed by atoms with Crippen molar-refractivity contribution in [1.29, 1.82) is 0 Å². The third-order valence-electron chi connectivity index (χ3n) is 4.53. The zero-order valence-electron chi connectivity index (χ0n) is 14.6. The van der Waals surface area contributed by atoms with Crippen LogP contribution in [-0.4, -0.2) is 20.1 Å². The van der Waals surface area contributed by atoms with Gasteiger partial charge in [0.25, 0.3) is 0 Å². The number of aryl methyl sites for hydroxylation is 4. The second-order valence-electron chi connectivity index (χ2n) is 6.78. The maximum atomic E-state index is 12.5. The molecule has 2 aromatic rings. The summed E-state index contributed by atoms with van der Waals surface area (Å²) >= 11 is 0. The molecule has 0 saturated carbocycles. The number of nitrogens with one attached hydrogen (secondary N) is 1. The topological polar surface area (TPSA) is 63.2 Å². The van der Waals surface area contributed by atoms with E-state index in [-0.39, 0.29) is 18.1 Å². The maximum Gasteiger partial charge on any atom is 0.225 e. The van der Waals surface area contributed by atoms with E-state index < -0.39 is 9.84 Å². The van der Waals surface area contributed by atoms with Gasteiger partial charge < -0.3 is 5.32 Å². The van der Waals surface area contributed by atoms with Crippen LogP contribution >= 0.6 is 0 Å². The smallest absolute Gasteiger partial charge is 0.225 e. The number of amides is 1. The quantitative estimate of drug-likeness (QED) is 0.889. The number of anilines is 1. The summed E-state index contributed by atoms with van der Waals surface area (Å²) in [7, 11) is -3.45. The first kappa shape index (κ1) is 17.7. The van der Waals surface area contributed by atoms with Gasteiger partial charge in [-0.25, -0.2) is 8.42 Å². The van der Waals surface area contributed by atoms with Crippen LogP contribution < -0.4 is 5.32 Å². The van der Waals surface area contributed by atoms with Gasteiger partial charge in [0.2, 0.25) is 5.91 Å². The molecule has 2 aromatic carbocycles. The lowest BCUT2D eigenvalue weighted by molar-refractivity contribution is -0.115. The highest BCUT2D eigenvalue weighted by Crippen LogP contribution is 2.25. The number of carbonyl (C=O) groups excluding carboxylic acids is 1. The third-order valence-corrected chi connectivity index (χ3v) is 6.25. The van der Waals surface area contributed by atoms with E-state index in [4.69, 9.17) is 0 Å². The summed E-state index contributed by atoms with van der Waals surface area (Å²) in [6.45, 7) is 3.92. The highest BCUT2D eigenvalue weighted by molar-refractivity contribution is 7.91. The van der Waals surface area contributed by atoms with Crippen LogP contribution in [0.2, 0.25) is 0 Å². The van der Waals surface area contributed by atoms with Crippen LogP contribution in [0.4, 0.5) is 5.69 Å². The Morgan fingerprint density at radius 2 is 1.68 bits per heavy atom. The van der Waals surface area contributed by atoms with E-state index in [1.807, 2.05) is 38.1 Å². The summed E-state index contributed by atoms with van der Waals surface area (Å²) in [6.07, 6.45) is 2.99. The molecule has 0 aromatic heterocycles. The van der Waals surface area contributed by atoms with Gasteiger partial charge >= 0.3 is 0 Å². The van der Waals surface area contributed by atoms with E-state index >= 15 is 0 Å². The second-order valence-corrected chi connectivity index (χ2v) is 8.89. The van der Waals surface area contributed by atoms with E-state index in [1.165, 1.54) is 5.56 Å². The Labute approximate surface area is 149 Å². The SMILES string of the molecule is Cc1cc(C)cc(NC(=O)CCS(=O)(=O)c2ccc3c(c2)CCC3)c1. The van der Waals surface area contributed by atoms with E-state index in [1.54, 1.807) is 12.1 Å². The zero-order chi connectivity index (χ0) is 18.0. The number of sulfone groups is 1. The van der Waals surface area contributed by atoms with Crippen LogP contribution in [0.25, 0.3) is 0 Å². The molecule has 1 amide bonds. The Hall–Kier alpha value is -2.14. The van der Waals surface area contributed by atoms with Crippen molar-refractivity contribution in [2.24, 2.45) is 0 Å². The Bertz CT molecular complexity index is 896. The summed E-state index contributed by atoms with van der Waals surface area (Å²) < 4.78 is 25.0. The van der Waals surface area contributed by atoms with Crippen LogP contribution in [0.3, 0.4) is 0 Å². The lowest BCUT2D eigenvalue weighted by Gasteiger charge is -2.09. The minimum absolute atomic E-state index is 0.0492. The first-order chi connectivity index (χ1) is 11.8. The molecule has 3 rings (SSSR count). The Morgan fingerprint density at radius 1 is 1.00 bits per heavy atom. The summed E-state index contributed by atoms with van der Waals surface area (Å²) in [5.41, 5.74) is 5.19. The normalized spacial score (nSPS) is 13.5. The van der Waals surface area contributed by atoms with Crippen molar-refractivity contribution >= 4 is 21.4 Å². The van der Waals surface area contributed by atoms with Crippen LogP contribution in [-0.2, 0) is 27.5 Å². The lowest BCUT2D eigenvalue weighted by Crippen LogP contribution is -2.17. The molecule has 1 N–H and O–H groups in total. The van der Waals surface area contributed by atoms with Gasteiger partial charge in [-0.05, 0) is 79.6 Å². The molecule has 132 valence electrons. The Kier molecular flexibility index (Phi) is 4.95. The molecule has 0 bridgehead atoms. The Balaban J connectivity index is 1.64. The standard InChI is InChI=1S/C20H23NO3S/c1-14-10-15(2)12-18(11-14)21-20(22)8-9-25(23,24)19-7-6-16-4-3-5-17(16)13-19/h6-7,10-13H,3-5,8-9H2,1-2H3,(H,21,22). The lowest BCUT2D eigenvalue weighted by atomic mass is 10.1. The van der Waals surface area contributed by atoms with E-state index in [0.29, 0.717) is 10.6 Å². The monoisotopic (exact) mass is 357 g/mol. The molecule has 25 heavy (non-hydrogen) atoms. The van der Waals surface area contributed by atoms with Gasteiger partial charge in [0.15, 0.2) is 9.84 Å². The van der Waals surface area contributed by atoms with Crippen molar-refractivity contribution in [3.8, 4) is 0 Å². The molecule has 0 saturated heterocycles. The van der Waals surface area contributed by atoms with Crippen molar-refractivity contribution in [1.82, 2.24) is 0 Å². The van der Waals surface area contributed by atoms with Crippen molar-refractivity contribution in [3.63, 3.8) is 0 Å². The molecule has 0 radical (unpaired) electrons. The molecule has 4 nitrogen and oxygen atoms in total. The number of fused-ring (bicyclic) bond motifs is 1. The van der Waals surface area contributed by atoms with Crippen molar-refractivity contribution in [2.75, 3.05) is 11.1 Å². The largest absolute Gasteiger partial charge is 0.326 e. The number of hydrogen-bond acceptors (Lipinski definition) is 3. The summed E-state index contributed by atoms with van der Waals surface area (Å²) in [5, 5.41) is 2.79. The number of benzene rings is 2. The van der Waals surface area contributed by atoms with Crippen LogP contribution in [0, 0.1) is 13.8 Å². The molecule has 5 heteroatoms. The first-order valence-electron chi connectivity index (χ1n) is 8.56. The molecular weight excluding hydrogens is 334 g/mol. The van der Waals surface area contributed by atoms with Gasteiger partial charge in [-0.15, -0.1) is 0 Å². The van der Waals surface area contributed by atoms with Crippen LogP contribution in [0.5, 0.6) is 0 Å². The van der Waals surface area contributed by atoms with Crippen LogP contribution in [0.15, 0.2) is 41.3 Å². The fraction of sp³-hybridized carbons (Fsp3) is 0.350. The van der Waals surface area contributed by atoms with Gasteiger partial charge in [0.1, 0.15) is 0 Å². The average Bonchev–Trinajstić information content (AvgIpc) is 2.99. The van der Waals surface area contributed by atoms with E-state index in [9.17, 15) is 13.2 Å². The molecule has 1 aliphatic carbocycles. The van der Waals surface area contributed by atoms with Gasteiger partial charge in [-0.3, -0.25) is 4.79 Å². The summed E-state index contributed by atoms with van der Waals surface area (Å²) in [6, 6.07) is 11.1. The molecule has 1 aliphatic rings. The van der Waals surface area contributed by atoms with Crippen molar-refractivity contribution in [2.45, 2.75) is 44.4 Å². The molecule has 0 spiro atoms. The summed E-state index contributed by atoms with van der Waals surface area (Å²) in [5.74, 6) is -0.461. The average molecular weight is 357 g/mol. The van der Waals surface area contributed by atoms with Gasteiger partial charge in [-0.1, -0.05) is 12.1 Å². The highest BCUT2D eigenvalue weighted by atomic mass is 32.2. The fourth-order valence-electron chi connectivity index (χ4n) is 3.36. The number of rotatable bonds is 5. The highest BCUT2D eigenvalue weighted by Gasteiger charge is 2.20. The molecule has 0 atom stereocenters. The predicted molar refractivity (Wildman–Crippen MR) is 99.7 cm³/mol. The zero-order valence-corrected chi connectivity index (χ0v) is 15.4. The molecule has 0 aliphatic heterocycles. The third kappa shape index (κ3) is 4.28. The minimum atomic E-state index is -3.45. The predicted octanol–water partition coefficient (Wildman–Crippen LogP) is 3.59. The molecule has 0 unspecified atom stereocenters. The summed E-state index contributed by atoms with van der Waals surface area (Å²) in [4.78, 5) is 12.5. The minimum Gasteiger partial charge on any atom is -0.326 e. The van der Waals surface area contributed by atoms with Crippen molar-refractivity contribution < 1.29 is 13.2 Å². The number of hydrogen-bond donors (Lipinski definition) is 1. The number of carbonyl (C=O) groups is 1. The van der Waals surface area contributed by atoms with Crippen molar-refractivity contribution in [3.05, 3.63) is 58.7 Å². The Morgan fingerprint density at radius 3 is 2.40 bits per heavy atom. The molecular formula is C20H23NO3S. The maximum absolute atomic E-state index is 12.5. The molecule has 0 fully saturated rings.